The molecular weight excluding hydrogens is 641 g/mol. The summed E-state index contributed by atoms with van der Waals surface area (Å²) in [6, 6.07) is 0. The zero-order valence-corrected chi connectivity index (χ0v) is 35.8. The van der Waals surface area contributed by atoms with Crippen molar-refractivity contribution in [3.63, 3.8) is 0 Å². The number of ether oxygens (including phenoxy) is 2. The van der Waals surface area contributed by atoms with Crippen molar-refractivity contribution in [1.82, 2.24) is 0 Å². The lowest BCUT2D eigenvalue weighted by Gasteiger charge is -2.16. The predicted octanol–water partition coefficient (Wildman–Crippen LogP) is 16.3. The number of hydrogen-bond donors (Lipinski definition) is 0. The Morgan fingerprint density at radius 1 is 0.327 bits per heavy atom. The summed E-state index contributed by atoms with van der Waals surface area (Å²) < 4.78 is 11.3. The highest BCUT2D eigenvalue weighted by atomic mass is 16.5. The molecule has 4 heteroatoms. The molecule has 0 aromatic rings. The topological polar surface area (TPSA) is 52.6 Å². The second-order valence-corrected chi connectivity index (χ2v) is 16.2. The summed E-state index contributed by atoms with van der Waals surface area (Å²) in [5, 5.41) is 0. The van der Waals surface area contributed by atoms with E-state index in [4.69, 9.17) is 9.47 Å². The average molecular weight is 733 g/mol. The molecule has 0 heterocycles. The van der Waals surface area contributed by atoms with Crippen LogP contribution in [0.4, 0.5) is 0 Å². The SMILES string of the molecule is CCCCCCCCCCCCCCCCCCCC(CC)OC(=O)/C=C\C(=O)OC(CC)CCCCCCCCCCCCCCCCCCC. The van der Waals surface area contributed by atoms with Gasteiger partial charge in [0.15, 0.2) is 0 Å². The molecule has 2 unspecified atom stereocenters. The Hall–Kier alpha value is -1.32. The van der Waals surface area contributed by atoms with Gasteiger partial charge < -0.3 is 9.47 Å². The molecule has 0 aliphatic heterocycles. The molecule has 0 N–H and O–H groups in total. The molecule has 0 bridgehead atoms. The van der Waals surface area contributed by atoms with Crippen LogP contribution in [0, 0.1) is 0 Å². The number of unbranched alkanes of at least 4 members (excludes halogenated alkanes) is 32. The molecule has 0 aliphatic rings. The van der Waals surface area contributed by atoms with Gasteiger partial charge in [-0.1, -0.05) is 233 Å². The summed E-state index contributed by atoms with van der Waals surface area (Å²) in [6.45, 7) is 8.70. The second kappa shape index (κ2) is 42.4. The van der Waals surface area contributed by atoms with Crippen LogP contribution in [-0.2, 0) is 19.1 Å². The quantitative estimate of drug-likeness (QED) is 0.0356. The summed E-state index contributed by atoms with van der Waals surface area (Å²) >= 11 is 0. The minimum atomic E-state index is -0.433. The van der Waals surface area contributed by atoms with Gasteiger partial charge in [0.2, 0.25) is 0 Å². The first-order chi connectivity index (χ1) is 25.6. The molecule has 0 saturated carbocycles. The van der Waals surface area contributed by atoms with Crippen LogP contribution in [0.1, 0.15) is 272 Å². The maximum absolute atomic E-state index is 12.4. The largest absolute Gasteiger partial charge is 0.459 e. The second-order valence-electron chi connectivity index (χ2n) is 16.2. The fourth-order valence-corrected chi connectivity index (χ4v) is 7.43. The molecule has 4 nitrogen and oxygen atoms in total. The van der Waals surface area contributed by atoms with Crippen molar-refractivity contribution < 1.29 is 19.1 Å². The van der Waals surface area contributed by atoms with Crippen LogP contribution in [0.2, 0.25) is 0 Å². The zero-order valence-electron chi connectivity index (χ0n) is 35.8. The van der Waals surface area contributed by atoms with Crippen LogP contribution in [0.15, 0.2) is 12.2 Å². The highest BCUT2D eigenvalue weighted by Gasteiger charge is 2.13. The van der Waals surface area contributed by atoms with Crippen molar-refractivity contribution in [3.05, 3.63) is 12.2 Å². The maximum atomic E-state index is 12.4. The van der Waals surface area contributed by atoms with E-state index in [1.54, 1.807) is 0 Å². The molecule has 0 aliphatic carbocycles. The van der Waals surface area contributed by atoms with Crippen molar-refractivity contribution in [1.29, 1.82) is 0 Å². The first kappa shape index (κ1) is 50.7. The molecule has 0 aromatic heterocycles. The standard InChI is InChI=1S/C48H92O4/c1-5-9-11-13-15-17-19-21-23-25-27-29-31-33-35-37-39-41-45(7-3)51-47(49)43-44-48(50)52-46(8-4)42-40-38-36-34-32-30-28-26-24-22-20-18-16-14-12-10-6-2/h43-46H,5-42H2,1-4H3/b44-43-. The van der Waals surface area contributed by atoms with Gasteiger partial charge in [0.05, 0.1) is 0 Å². The fraction of sp³-hybridized carbons (Fsp3) is 0.917. The van der Waals surface area contributed by atoms with Crippen LogP contribution >= 0.6 is 0 Å². The van der Waals surface area contributed by atoms with Gasteiger partial charge in [-0.15, -0.1) is 0 Å². The van der Waals surface area contributed by atoms with Crippen LogP contribution in [0.5, 0.6) is 0 Å². The molecule has 0 fully saturated rings. The Labute approximate surface area is 326 Å². The normalized spacial score (nSPS) is 12.8. The lowest BCUT2D eigenvalue weighted by molar-refractivity contribution is -0.146. The van der Waals surface area contributed by atoms with E-state index in [1.165, 1.54) is 218 Å². The van der Waals surface area contributed by atoms with Crippen molar-refractivity contribution in [2.45, 2.75) is 284 Å². The first-order valence-electron chi connectivity index (χ1n) is 23.7. The van der Waals surface area contributed by atoms with E-state index in [0.717, 1.165) is 38.5 Å². The number of esters is 2. The molecule has 0 rings (SSSR count). The van der Waals surface area contributed by atoms with Crippen LogP contribution in [0.3, 0.4) is 0 Å². The monoisotopic (exact) mass is 733 g/mol. The molecular formula is C48H92O4. The number of carbonyl (C=O) groups is 2. The average Bonchev–Trinajstić information content (AvgIpc) is 3.15. The summed E-state index contributed by atoms with van der Waals surface area (Å²) in [5.74, 6) is -0.867. The lowest BCUT2D eigenvalue weighted by Crippen LogP contribution is -2.18. The molecule has 0 amide bonds. The number of rotatable bonds is 42. The van der Waals surface area contributed by atoms with Gasteiger partial charge in [0.25, 0.3) is 0 Å². The van der Waals surface area contributed by atoms with E-state index in [2.05, 4.69) is 27.7 Å². The molecule has 52 heavy (non-hydrogen) atoms. The Bertz CT molecular complexity index is 699. The van der Waals surface area contributed by atoms with E-state index in [-0.39, 0.29) is 12.2 Å². The van der Waals surface area contributed by atoms with E-state index in [0.29, 0.717) is 0 Å². The Morgan fingerprint density at radius 3 is 0.712 bits per heavy atom. The third-order valence-corrected chi connectivity index (χ3v) is 11.1. The van der Waals surface area contributed by atoms with Crippen LogP contribution < -0.4 is 0 Å². The van der Waals surface area contributed by atoms with Gasteiger partial charge in [-0.05, 0) is 38.5 Å². The van der Waals surface area contributed by atoms with Crippen LogP contribution in [0.25, 0.3) is 0 Å². The molecule has 0 saturated heterocycles. The van der Waals surface area contributed by atoms with Gasteiger partial charge in [-0.3, -0.25) is 0 Å². The van der Waals surface area contributed by atoms with Gasteiger partial charge in [0.1, 0.15) is 12.2 Å². The van der Waals surface area contributed by atoms with Crippen molar-refractivity contribution >= 4 is 11.9 Å². The van der Waals surface area contributed by atoms with E-state index in [9.17, 15) is 9.59 Å². The minimum absolute atomic E-state index is 0.0763. The molecule has 0 radical (unpaired) electrons. The minimum Gasteiger partial charge on any atom is -0.459 e. The number of hydrogen-bond acceptors (Lipinski definition) is 4. The highest BCUT2D eigenvalue weighted by molar-refractivity contribution is 5.91. The summed E-state index contributed by atoms with van der Waals surface area (Å²) in [4.78, 5) is 24.8. The van der Waals surface area contributed by atoms with Crippen LogP contribution in [-0.4, -0.2) is 24.1 Å². The molecule has 2 atom stereocenters. The highest BCUT2D eigenvalue weighted by Crippen LogP contribution is 2.18. The Morgan fingerprint density at radius 2 is 0.519 bits per heavy atom. The maximum Gasteiger partial charge on any atom is 0.331 e. The summed E-state index contributed by atoms with van der Waals surface area (Å²) in [6.07, 6.45) is 52.1. The van der Waals surface area contributed by atoms with E-state index >= 15 is 0 Å². The molecule has 0 spiro atoms. The van der Waals surface area contributed by atoms with Gasteiger partial charge in [-0.2, -0.15) is 0 Å². The number of carbonyl (C=O) groups excluding carboxylic acids is 2. The Balaban J connectivity index is 3.72. The van der Waals surface area contributed by atoms with Gasteiger partial charge in [0, 0.05) is 12.2 Å². The van der Waals surface area contributed by atoms with E-state index < -0.39 is 11.9 Å². The summed E-state index contributed by atoms with van der Waals surface area (Å²) in [7, 11) is 0. The lowest BCUT2D eigenvalue weighted by atomic mass is 10.0. The third-order valence-electron chi connectivity index (χ3n) is 11.1. The van der Waals surface area contributed by atoms with Gasteiger partial charge >= 0.3 is 11.9 Å². The Kier molecular flexibility index (Phi) is 41.3. The zero-order chi connectivity index (χ0) is 38.0. The van der Waals surface area contributed by atoms with E-state index in [1.807, 2.05) is 0 Å². The molecule has 308 valence electrons. The molecule has 0 aromatic carbocycles. The predicted molar refractivity (Wildman–Crippen MR) is 227 cm³/mol. The fourth-order valence-electron chi connectivity index (χ4n) is 7.43. The van der Waals surface area contributed by atoms with Crippen molar-refractivity contribution in [2.24, 2.45) is 0 Å². The third kappa shape index (κ3) is 38.4. The van der Waals surface area contributed by atoms with Gasteiger partial charge in [-0.25, -0.2) is 9.59 Å². The van der Waals surface area contributed by atoms with Crippen molar-refractivity contribution in [3.8, 4) is 0 Å². The van der Waals surface area contributed by atoms with Crippen molar-refractivity contribution in [2.75, 3.05) is 0 Å². The summed E-state index contributed by atoms with van der Waals surface area (Å²) in [5.41, 5.74) is 0. The first-order valence-corrected chi connectivity index (χ1v) is 23.7. The smallest absolute Gasteiger partial charge is 0.331 e.